The number of aliphatic imine (C=N–C) groups is 2. The number of nitrogens with zero attached hydrogens (tertiary/aromatic N) is 3. The summed E-state index contributed by atoms with van der Waals surface area (Å²) < 4.78 is 11.4. The van der Waals surface area contributed by atoms with Gasteiger partial charge >= 0.3 is 0 Å². The minimum atomic E-state index is -0.335. The fraction of sp³-hybridized carbons (Fsp3) is 0.0741. The largest absolute Gasteiger partial charge is 0.455 e. The van der Waals surface area contributed by atoms with Crippen LogP contribution in [0.25, 0.3) is 80.7 Å². The van der Waals surface area contributed by atoms with Crippen molar-refractivity contribution in [3.63, 3.8) is 0 Å². The lowest BCUT2D eigenvalue weighted by molar-refractivity contribution is 0.664. The molecule has 1 aliphatic heterocycles. The first-order chi connectivity index (χ1) is 29.5. The summed E-state index contributed by atoms with van der Waals surface area (Å²) in [6.45, 7) is 4.74. The van der Waals surface area contributed by atoms with E-state index in [1.54, 1.807) is 11.3 Å². The SMILES string of the molecule is CC1(C)c2ccccc2-c2ccc3c4ccccc4n(-c4ccc(C5=NC(c6ccccc6)NC(c6cc7c8ccccc8oc7c7c6sc6ccccc67)=N5)cc4)c3c21. The Morgan fingerprint density at radius 1 is 0.633 bits per heavy atom. The van der Waals surface area contributed by atoms with Gasteiger partial charge in [0.1, 0.15) is 23.2 Å². The van der Waals surface area contributed by atoms with Gasteiger partial charge in [0.2, 0.25) is 0 Å². The molecule has 11 aromatic rings. The minimum absolute atomic E-state index is 0.162. The lowest BCUT2D eigenvalue weighted by Gasteiger charge is -2.24. The zero-order valence-corrected chi connectivity index (χ0v) is 33.7. The third-order valence-corrected chi connectivity index (χ3v) is 14.0. The molecule has 1 aliphatic carbocycles. The Morgan fingerprint density at radius 2 is 1.37 bits per heavy atom. The Morgan fingerprint density at radius 3 is 2.23 bits per heavy atom. The molecule has 284 valence electrons. The van der Waals surface area contributed by atoms with Crippen LogP contribution < -0.4 is 5.32 Å². The van der Waals surface area contributed by atoms with Crippen LogP contribution in [0.2, 0.25) is 0 Å². The normalized spacial score (nSPS) is 15.8. The molecule has 0 saturated heterocycles. The second kappa shape index (κ2) is 12.4. The van der Waals surface area contributed by atoms with Crippen molar-refractivity contribution in [3.05, 3.63) is 198 Å². The highest BCUT2D eigenvalue weighted by atomic mass is 32.1. The number of amidine groups is 2. The molecule has 1 unspecified atom stereocenters. The number of fused-ring (bicyclic) bond motifs is 14. The molecule has 60 heavy (non-hydrogen) atoms. The van der Waals surface area contributed by atoms with Gasteiger partial charge < -0.3 is 14.3 Å². The van der Waals surface area contributed by atoms with E-state index < -0.39 is 0 Å². The van der Waals surface area contributed by atoms with Crippen molar-refractivity contribution >= 4 is 86.9 Å². The fourth-order valence-electron chi connectivity index (χ4n) is 10.1. The van der Waals surface area contributed by atoms with Crippen molar-refractivity contribution in [2.75, 3.05) is 0 Å². The van der Waals surface area contributed by atoms with Crippen LogP contribution in [0.3, 0.4) is 0 Å². The van der Waals surface area contributed by atoms with Crippen LogP contribution in [0.5, 0.6) is 0 Å². The number of hydrogen-bond donors (Lipinski definition) is 1. The van der Waals surface area contributed by atoms with Crippen molar-refractivity contribution in [1.82, 2.24) is 9.88 Å². The molecule has 3 aromatic heterocycles. The van der Waals surface area contributed by atoms with E-state index in [0.29, 0.717) is 5.84 Å². The second-order valence-electron chi connectivity index (χ2n) is 16.5. The number of benzene rings is 8. The Labute approximate surface area is 349 Å². The summed E-state index contributed by atoms with van der Waals surface area (Å²) in [5.41, 5.74) is 13.7. The van der Waals surface area contributed by atoms with Gasteiger partial charge in [0, 0.05) is 59.2 Å². The van der Waals surface area contributed by atoms with Gasteiger partial charge in [-0.3, -0.25) is 0 Å². The smallest absolute Gasteiger partial charge is 0.159 e. The van der Waals surface area contributed by atoms with Gasteiger partial charge in [-0.15, -0.1) is 11.3 Å². The van der Waals surface area contributed by atoms with Crippen LogP contribution in [0.4, 0.5) is 0 Å². The summed E-state index contributed by atoms with van der Waals surface area (Å²) in [5.74, 6) is 1.48. The summed E-state index contributed by atoms with van der Waals surface area (Å²) in [7, 11) is 0. The molecule has 6 heteroatoms. The molecular weight excluding hydrogens is 753 g/mol. The number of furan rings is 1. The first kappa shape index (κ1) is 33.7. The topological polar surface area (TPSA) is 54.8 Å². The average molecular weight is 789 g/mol. The van der Waals surface area contributed by atoms with Crippen LogP contribution in [-0.4, -0.2) is 16.2 Å². The van der Waals surface area contributed by atoms with E-state index in [1.165, 1.54) is 54.1 Å². The number of aromatic nitrogens is 1. The summed E-state index contributed by atoms with van der Waals surface area (Å²) in [6, 6.07) is 60.8. The fourth-order valence-corrected chi connectivity index (χ4v) is 11.3. The maximum atomic E-state index is 6.62. The third kappa shape index (κ3) is 4.68. The molecule has 0 spiro atoms. The van der Waals surface area contributed by atoms with Crippen LogP contribution in [-0.2, 0) is 5.41 Å². The standard InChI is InChI=1S/C54H36N4OS/c1-54(2)42-20-10-6-16-34(42)37-28-29-38-35-17-7-11-21-43(35)58(48(38)47(37)54)33-26-24-32(25-27-33)52-55-51(31-14-4-3-5-15-31)56-53(57-52)41-30-40-36-18-8-12-22-44(36)59-49(40)46-39-19-9-13-23-45(39)60-50(41)46/h3-30,51H,1-2H3,(H,55,56,57). The van der Waals surface area contributed by atoms with E-state index >= 15 is 0 Å². The first-order valence-corrected chi connectivity index (χ1v) is 21.3. The zero-order valence-electron chi connectivity index (χ0n) is 32.9. The highest BCUT2D eigenvalue weighted by molar-refractivity contribution is 7.26. The molecule has 5 nitrogen and oxygen atoms in total. The van der Waals surface area contributed by atoms with Crippen molar-refractivity contribution in [3.8, 4) is 16.8 Å². The van der Waals surface area contributed by atoms with E-state index in [2.05, 4.69) is 181 Å². The number of thiophene rings is 1. The highest BCUT2D eigenvalue weighted by Crippen LogP contribution is 2.53. The molecule has 0 bridgehead atoms. The number of para-hydroxylation sites is 2. The lowest BCUT2D eigenvalue weighted by Crippen LogP contribution is -2.33. The number of hydrogen-bond acceptors (Lipinski definition) is 5. The van der Waals surface area contributed by atoms with Crippen LogP contribution in [0.15, 0.2) is 184 Å². The van der Waals surface area contributed by atoms with E-state index in [4.69, 9.17) is 14.4 Å². The van der Waals surface area contributed by atoms with Crippen LogP contribution in [0.1, 0.15) is 47.8 Å². The van der Waals surface area contributed by atoms with Gasteiger partial charge in [-0.05, 0) is 76.3 Å². The minimum Gasteiger partial charge on any atom is -0.455 e. The quantitative estimate of drug-likeness (QED) is 0.193. The molecule has 8 aromatic carbocycles. The van der Waals surface area contributed by atoms with E-state index in [1.807, 2.05) is 12.1 Å². The second-order valence-corrected chi connectivity index (χ2v) is 17.6. The van der Waals surface area contributed by atoms with E-state index in [-0.39, 0.29) is 11.6 Å². The third-order valence-electron chi connectivity index (χ3n) is 12.8. The van der Waals surface area contributed by atoms with E-state index in [9.17, 15) is 0 Å². The number of rotatable bonds is 4. The van der Waals surface area contributed by atoms with Crippen molar-refractivity contribution in [2.45, 2.75) is 25.4 Å². The number of nitrogens with one attached hydrogen (secondary N) is 1. The maximum Gasteiger partial charge on any atom is 0.159 e. The Hall–Kier alpha value is -7.28. The van der Waals surface area contributed by atoms with E-state index in [0.717, 1.165) is 60.2 Å². The van der Waals surface area contributed by atoms with Gasteiger partial charge in [0.05, 0.1) is 15.7 Å². The molecule has 4 heterocycles. The molecule has 1 atom stereocenters. The van der Waals surface area contributed by atoms with Crippen LogP contribution in [0, 0.1) is 0 Å². The lowest BCUT2D eigenvalue weighted by atomic mass is 9.81. The van der Waals surface area contributed by atoms with Gasteiger partial charge in [-0.1, -0.05) is 135 Å². The Balaban J connectivity index is 1.00. The predicted molar refractivity (Wildman–Crippen MR) is 250 cm³/mol. The average Bonchev–Trinajstić information content (AvgIpc) is 4.03. The van der Waals surface area contributed by atoms with Crippen molar-refractivity contribution < 1.29 is 4.42 Å². The zero-order chi connectivity index (χ0) is 39.7. The summed E-state index contributed by atoms with van der Waals surface area (Å²) in [5, 5.41) is 10.8. The maximum absolute atomic E-state index is 6.62. The molecular formula is C54H36N4OS. The molecule has 1 N–H and O–H groups in total. The molecule has 13 rings (SSSR count). The van der Waals surface area contributed by atoms with Gasteiger partial charge in [0.15, 0.2) is 5.84 Å². The van der Waals surface area contributed by atoms with Crippen molar-refractivity contribution in [1.29, 1.82) is 0 Å². The summed E-state index contributed by atoms with van der Waals surface area (Å²) in [4.78, 5) is 10.7. The Kier molecular flexibility index (Phi) is 6.94. The van der Waals surface area contributed by atoms with Crippen LogP contribution >= 0.6 is 11.3 Å². The van der Waals surface area contributed by atoms with Gasteiger partial charge in [0.25, 0.3) is 0 Å². The molecule has 0 amide bonds. The molecule has 2 aliphatic rings. The Bertz CT molecular complexity index is 3660. The monoisotopic (exact) mass is 788 g/mol. The summed E-state index contributed by atoms with van der Waals surface area (Å²) >= 11 is 1.78. The molecule has 0 fully saturated rings. The first-order valence-electron chi connectivity index (χ1n) is 20.5. The molecule has 0 saturated carbocycles. The van der Waals surface area contributed by atoms with Gasteiger partial charge in [-0.2, -0.15) is 0 Å². The predicted octanol–water partition coefficient (Wildman–Crippen LogP) is 13.9. The van der Waals surface area contributed by atoms with Gasteiger partial charge in [-0.25, -0.2) is 9.98 Å². The highest BCUT2D eigenvalue weighted by Gasteiger charge is 2.38. The van der Waals surface area contributed by atoms with Crippen molar-refractivity contribution in [2.24, 2.45) is 9.98 Å². The molecule has 0 radical (unpaired) electrons. The summed E-state index contributed by atoms with van der Waals surface area (Å²) in [6.07, 6.45) is -0.335.